The highest BCUT2D eigenvalue weighted by Crippen LogP contribution is 2.69. The number of pyridine rings is 1. The first-order valence-electron chi connectivity index (χ1n) is 14.3. The number of hydrogen-bond acceptors (Lipinski definition) is 3. The number of nitrogens with zero attached hydrogens (tertiary/aromatic N) is 2. The largest absolute Gasteiger partial charge is 0.359 e. The molecule has 3 unspecified atom stereocenters. The fraction of sp³-hybridized carbons (Fsp3) is 0.594. The molecular weight excluding hydrogens is 428 g/mol. The zero-order chi connectivity index (χ0) is 23.3. The van der Waals surface area contributed by atoms with Crippen LogP contribution < -0.4 is 0 Å². The predicted octanol–water partition coefficient (Wildman–Crippen LogP) is 6.94. The smallest absolute Gasteiger partial charge is 0.0974 e. The first-order chi connectivity index (χ1) is 17.1. The van der Waals surface area contributed by atoms with Crippen LogP contribution in [0, 0.1) is 11.3 Å². The summed E-state index contributed by atoms with van der Waals surface area (Å²) in [5, 5.41) is 2.57. The number of rotatable bonds is 2. The van der Waals surface area contributed by atoms with Crippen LogP contribution >= 0.6 is 0 Å². The molecular formula is C32H38N2O. The highest BCUT2D eigenvalue weighted by atomic mass is 16.5. The van der Waals surface area contributed by atoms with Crippen molar-refractivity contribution < 1.29 is 4.74 Å². The van der Waals surface area contributed by atoms with Crippen molar-refractivity contribution in [3.8, 4) is 0 Å². The fourth-order valence-corrected chi connectivity index (χ4v) is 9.67. The van der Waals surface area contributed by atoms with Crippen LogP contribution in [0.4, 0.5) is 0 Å². The van der Waals surface area contributed by atoms with Crippen LogP contribution in [0.2, 0.25) is 0 Å². The fourth-order valence-electron chi connectivity index (χ4n) is 9.67. The molecule has 0 radical (unpaired) electrons. The van der Waals surface area contributed by atoms with Crippen LogP contribution in [-0.4, -0.2) is 40.2 Å². The Balaban J connectivity index is 1.15. The second kappa shape index (κ2) is 7.29. The van der Waals surface area contributed by atoms with Gasteiger partial charge in [-0.2, -0.15) is 0 Å². The first-order valence-corrected chi connectivity index (χ1v) is 14.3. The van der Waals surface area contributed by atoms with E-state index in [0.29, 0.717) is 11.8 Å². The van der Waals surface area contributed by atoms with E-state index in [2.05, 4.69) is 53.2 Å². The van der Waals surface area contributed by atoms with Crippen LogP contribution in [0.3, 0.4) is 0 Å². The summed E-state index contributed by atoms with van der Waals surface area (Å²) in [6.07, 6.45) is 22.0. The molecule has 6 atom stereocenters. The second-order valence-corrected chi connectivity index (χ2v) is 12.8. The molecule has 35 heavy (non-hydrogen) atoms. The number of ether oxygens (including phenoxy) is 1. The molecule has 2 saturated heterocycles. The third-order valence-corrected chi connectivity index (χ3v) is 11.4. The van der Waals surface area contributed by atoms with E-state index in [1.807, 2.05) is 12.4 Å². The molecule has 3 heteroatoms. The second-order valence-electron chi connectivity index (χ2n) is 12.8. The normalized spacial score (nSPS) is 42.4. The molecule has 6 aliphatic rings. The summed E-state index contributed by atoms with van der Waals surface area (Å²) in [6, 6.07) is 9.99. The number of hydrogen-bond donors (Lipinski definition) is 0. The van der Waals surface area contributed by atoms with Crippen molar-refractivity contribution in [2.75, 3.05) is 13.1 Å². The lowest BCUT2D eigenvalue weighted by Crippen LogP contribution is -2.55. The standard InChI is InChI=1S/C32H38N2O/c1-30-12-10-26-19-25-6-7-27(34-16-2-3-17-34)20-31(25)13-14-32(26,35-31)29(30)9-8-28(30)23-5-4-22-11-15-33-21-24(22)18-23/h4-5,10-11,15,18-19,21,27-29H,2-3,6-9,12-14,16-17,20H2,1H3/t27?,28?,29-,30?,31-,32-/m1/s1. The van der Waals surface area contributed by atoms with Crippen LogP contribution in [-0.2, 0) is 4.74 Å². The summed E-state index contributed by atoms with van der Waals surface area (Å²) < 4.78 is 7.53. The van der Waals surface area contributed by atoms with Gasteiger partial charge in [-0.25, -0.2) is 0 Å². The van der Waals surface area contributed by atoms with E-state index in [4.69, 9.17) is 4.74 Å². The molecule has 1 aromatic carbocycles. The summed E-state index contributed by atoms with van der Waals surface area (Å²) in [4.78, 5) is 7.18. The summed E-state index contributed by atoms with van der Waals surface area (Å²) in [5.74, 6) is 1.22. The Bertz CT molecular complexity index is 1260. The summed E-state index contributed by atoms with van der Waals surface area (Å²) in [7, 11) is 0. The van der Waals surface area contributed by atoms with Crippen molar-refractivity contribution in [3.05, 3.63) is 65.5 Å². The van der Waals surface area contributed by atoms with Crippen molar-refractivity contribution in [1.29, 1.82) is 0 Å². The minimum absolute atomic E-state index is 0.0216. The average molecular weight is 467 g/mol. The van der Waals surface area contributed by atoms with Gasteiger partial charge < -0.3 is 9.64 Å². The van der Waals surface area contributed by atoms with Crippen LogP contribution in [0.1, 0.15) is 82.6 Å². The minimum Gasteiger partial charge on any atom is -0.359 e. The Morgan fingerprint density at radius 3 is 2.86 bits per heavy atom. The molecule has 3 aliphatic heterocycles. The quantitative estimate of drug-likeness (QED) is 0.479. The van der Waals surface area contributed by atoms with Gasteiger partial charge in [0.1, 0.15) is 0 Å². The molecule has 2 saturated carbocycles. The maximum Gasteiger partial charge on any atom is 0.0974 e. The Morgan fingerprint density at radius 1 is 1.03 bits per heavy atom. The van der Waals surface area contributed by atoms with Gasteiger partial charge in [0, 0.05) is 23.8 Å². The molecule has 1 aromatic heterocycles. The molecule has 3 aliphatic carbocycles. The van der Waals surface area contributed by atoms with Crippen LogP contribution in [0.5, 0.6) is 0 Å². The highest BCUT2D eigenvalue weighted by molar-refractivity contribution is 5.82. The van der Waals surface area contributed by atoms with Crippen LogP contribution in [0.25, 0.3) is 10.8 Å². The van der Waals surface area contributed by atoms with E-state index in [1.165, 1.54) is 93.6 Å². The summed E-state index contributed by atoms with van der Waals surface area (Å²) >= 11 is 0. The SMILES string of the molecule is CC12CC=C3C=C4CCC(N5CCCC5)C[C@]45CC[C@]3(O5)[C@@H]1CCC2c1ccc2ccncc2c1. The molecule has 182 valence electrons. The van der Waals surface area contributed by atoms with Gasteiger partial charge in [0.25, 0.3) is 0 Å². The van der Waals surface area contributed by atoms with Gasteiger partial charge in [0.2, 0.25) is 0 Å². The van der Waals surface area contributed by atoms with E-state index in [1.54, 1.807) is 11.1 Å². The number of aromatic nitrogens is 1. The van der Waals surface area contributed by atoms with Gasteiger partial charge in [-0.1, -0.05) is 31.2 Å². The number of fused-ring (bicyclic) bond motifs is 2. The average Bonchev–Trinajstić information content (AvgIpc) is 3.60. The Labute approximate surface area is 209 Å². The van der Waals surface area contributed by atoms with Crippen molar-refractivity contribution in [2.24, 2.45) is 11.3 Å². The molecule has 0 N–H and O–H groups in total. The third-order valence-electron chi connectivity index (χ3n) is 11.4. The minimum atomic E-state index is -0.0451. The topological polar surface area (TPSA) is 25.4 Å². The zero-order valence-corrected chi connectivity index (χ0v) is 21.1. The van der Waals surface area contributed by atoms with Gasteiger partial charge >= 0.3 is 0 Å². The Morgan fingerprint density at radius 2 is 1.94 bits per heavy atom. The molecule has 3 nitrogen and oxygen atoms in total. The molecule has 2 aromatic rings. The molecule has 0 amide bonds. The van der Waals surface area contributed by atoms with Crippen molar-refractivity contribution in [3.63, 3.8) is 0 Å². The van der Waals surface area contributed by atoms with Gasteiger partial charge in [0.05, 0.1) is 11.2 Å². The maximum atomic E-state index is 7.53. The molecule has 8 rings (SSSR count). The van der Waals surface area contributed by atoms with Gasteiger partial charge in [-0.15, -0.1) is 0 Å². The first kappa shape index (κ1) is 21.1. The van der Waals surface area contributed by atoms with Crippen molar-refractivity contribution in [2.45, 2.75) is 94.3 Å². The molecule has 4 fully saturated rings. The Hall–Kier alpha value is -1.97. The summed E-state index contributed by atoms with van der Waals surface area (Å²) in [6.45, 7) is 5.20. The van der Waals surface area contributed by atoms with Crippen molar-refractivity contribution in [1.82, 2.24) is 9.88 Å². The number of benzene rings is 1. The van der Waals surface area contributed by atoms with E-state index >= 15 is 0 Å². The van der Waals surface area contributed by atoms with Gasteiger partial charge in [0.15, 0.2) is 0 Å². The lowest BCUT2D eigenvalue weighted by molar-refractivity contribution is -0.140. The number of likely N-dealkylation sites (tertiary alicyclic amines) is 1. The van der Waals surface area contributed by atoms with Crippen LogP contribution in [0.15, 0.2) is 60.0 Å². The summed E-state index contributed by atoms with van der Waals surface area (Å²) in [5.41, 5.74) is 4.93. The van der Waals surface area contributed by atoms with Crippen molar-refractivity contribution >= 4 is 10.8 Å². The lowest BCUT2D eigenvalue weighted by atomic mass is 9.58. The predicted molar refractivity (Wildman–Crippen MR) is 140 cm³/mol. The van der Waals surface area contributed by atoms with Gasteiger partial charge in [-0.05, 0) is 129 Å². The zero-order valence-electron chi connectivity index (χ0n) is 21.1. The Kier molecular flexibility index (Phi) is 4.41. The lowest BCUT2D eigenvalue weighted by Gasteiger charge is -2.55. The molecule has 2 bridgehead atoms. The van der Waals surface area contributed by atoms with E-state index in [9.17, 15) is 0 Å². The van der Waals surface area contributed by atoms with E-state index in [0.717, 1.165) is 6.04 Å². The molecule has 4 heterocycles. The number of allylic oxidation sites excluding steroid dienone is 1. The van der Waals surface area contributed by atoms with E-state index in [-0.39, 0.29) is 16.6 Å². The monoisotopic (exact) mass is 466 g/mol. The third kappa shape index (κ3) is 2.83. The van der Waals surface area contributed by atoms with E-state index < -0.39 is 0 Å². The molecule has 2 spiro atoms. The maximum absolute atomic E-state index is 7.53. The highest BCUT2D eigenvalue weighted by Gasteiger charge is 2.66. The van der Waals surface area contributed by atoms with Gasteiger partial charge in [-0.3, -0.25) is 4.98 Å².